The minimum Gasteiger partial charge on any atom is -0.494 e. The van der Waals surface area contributed by atoms with Crippen LogP contribution in [0.15, 0.2) is 48.5 Å². The molecular weight excluding hydrogens is 300 g/mol. The third kappa shape index (κ3) is 6.36. The first-order valence-electron chi connectivity index (χ1n) is 8.28. The fourth-order valence-electron chi connectivity index (χ4n) is 1.99. The molecule has 2 aromatic rings. The van der Waals surface area contributed by atoms with E-state index in [9.17, 15) is 0 Å². The Bertz CT molecular complexity index is 591. The summed E-state index contributed by atoms with van der Waals surface area (Å²) in [5.41, 5.74) is 1.93. The largest absolute Gasteiger partial charge is 0.494 e. The van der Waals surface area contributed by atoms with E-state index in [1.165, 1.54) is 0 Å². The molecule has 0 atom stereocenters. The molecule has 126 valence electrons. The minimum atomic E-state index is 0.550. The Kier molecular flexibility index (Phi) is 7.73. The molecule has 0 N–H and O–H groups in total. The van der Waals surface area contributed by atoms with Crippen LogP contribution in [-0.4, -0.2) is 26.9 Å². The Morgan fingerprint density at radius 1 is 0.708 bits per heavy atom. The van der Waals surface area contributed by atoms with Crippen molar-refractivity contribution < 1.29 is 14.2 Å². The van der Waals surface area contributed by atoms with Gasteiger partial charge in [0.15, 0.2) is 0 Å². The van der Waals surface area contributed by atoms with Crippen LogP contribution in [0.2, 0.25) is 0 Å². The number of unbranched alkanes of at least 4 members (excludes halogenated alkanes) is 1. The summed E-state index contributed by atoms with van der Waals surface area (Å²) in [5.74, 6) is 8.04. The second-order valence-corrected chi connectivity index (χ2v) is 5.34. The van der Waals surface area contributed by atoms with E-state index in [0.29, 0.717) is 13.2 Å². The van der Waals surface area contributed by atoms with Crippen LogP contribution in [0.4, 0.5) is 0 Å². The maximum Gasteiger partial charge on any atom is 0.119 e. The molecule has 0 radical (unpaired) electrons. The van der Waals surface area contributed by atoms with Gasteiger partial charge < -0.3 is 14.2 Å². The Morgan fingerprint density at radius 2 is 1.21 bits per heavy atom. The number of methoxy groups -OCH3 is 1. The zero-order chi connectivity index (χ0) is 17.0. The van der Waals surface area contributed by atoms with Crippen LogP contribution in [-0.2, 0) is 4.74 Å². The highest BCUT2D eigenvalue weighted by Gasteiger charge is 1.95. The lowest BCUT2D eigenvalue weighted by atomic mass is 10.2. The second-order valence-electron chi connectivity index (χ2n) is 5.34. The van der Waals surface area contributed by atoms with Gasteiger partial charge in [-0.05, 0) is 55.0 Å². The molecule has 0 aliphatic heterocycles. The van der Waals surface area contributed by atoms with Crippen LogP contribution in [0, 0.1) is 11.8 Å². The van der Waals surface area contributed by atoms with Crippen molar-refractivity contribution in [3.05, 3.63) is 59.7 Å². The normalized spacial score (nSPS) is 9.92. The standard InChI is InChI=1S/C21H24O3/c1-3-4-15-23-20-11-7-18(8-12-20)5-6-19-9-13-21(14-10-19)24-17-16-22-2/h7-14H,3-4,15-17H2,1-2H3. The minimum absolute atomic E-state index is 0.550. The predicted octanol–water partition coefficient (Wildman–Crippen LogP) is 4.29. The van der Waals surface area contributed by atoms with Crippen molar-refractivity contribution >= 4 is 0 Å². The van der Waals surface area contributed by atoms with E-state index in [1.807, 2.05) is 48.5 Å². The monoisotopic (exact) mass is 324 g/mol. The zero-order valence-corrected chi connectivity index (χ0v) is 14.4. The first-order valence-corrected chi connectivity index (χ1v) is 8.28. The van der Waals surface area contributed by atoms with Gasteiger partial charge in [0.05, 0.1) is 13.2 Å². The maximum absolute atomic E-state index is 5.65. The first-order chi connectivity index (χ1) is 11.8. The van der Waals surface area contributed by atoms with Gasteiger partial charge in [-0.15, -0.1) is 0 Å². The molecule has 0 aliphatic rings. The highest BCUT2D eigenvalue weighted by Crippen LogP contribution is 2.13. The van der Waals surface area contributed by atoms with Crippen molar-refractivity contribution in [2.45, 2.75) is 19.8 Å². The molecule has 2 rings (SSSR count). The van der Waals surface area contributed by atoms with Crippen LogP contribution in [0.5, 0.6) is 11.5 Å². The van der Waals surface area contributed by atoms with Crippen LogP contribution < -0.4 is 9.47 Å². The lowest BCUT2D eigenvalue weighted by molar-refractivity contribution is 0.146. The summed E-state index contributed by atoms with van der Waals surface area (Å²) in [6, 6.07) is 15.6. The average molecular weight is 324 g/mol. The van der Waals surface area contributed by atoms with Gasteiger partial charge in [0, 0.05) is 18.2 Å². The summed E-state index contributed by atoms with van der Waals surface area (Å²) in [7, 11) is 1.66. The summed E-state index contributed by atoms with van der Waals surface area (Å²) in [6.07, 6.45) is 2.21. The summed E-state index contributed by atoms with van der Waals surface area (Å²) < 4.78 is 16.1. The van der Waals surface area contributed by atoms with Crippen molar-refractivity contribution in [2.24, 2.45) is 0 Å². The van der Waals surface area contributed by atoms with Gasteiger partial charge in [-0.3, -0.25) is 0 Å². The lowest BCUT2D eigenvalue weighted by Gasteiger charge is -2.05. The summed E-state index contributed by atoms with van der Waals surface area (Å²) in [4.78, 5) is 0. The molecule has 0 amide bonds. The maximum atomic E-state index is 5.65. The topological polar surface area (TPSA) is 27.7 Å². The van der Waals surface area contributed by atoms with Crippen LogP contribution >= 0.6 is 0 Å². The third-order valence-electron chi connectivity index (χ3n) is 3.38. The highest BCUT2D eigenvalue weighted by molar-refractivity contribution is 5.45. The first kappa shape index (κ1) is 17.9. The van der Waals surface area contributed by atoms with Gasteiger partial charge in [0.25, 0.3) is 0 Å². The van der Waals surface area contributed by atoms with Gasteiger partial charge >= 0.3 is 0 Å². The summed E-state index contributed by atoms with van der Waals surface area (Å²) in [6.45, 7) is 4.05. The Balaban J connectivity index is 1.89. The van der Waals surface area contributed by atoms with Gasteiger partial charge in [0.1, 0.15) is 18.1 Å². The smallest absolute Gasteiger partial charge is 0.119 e. The molecule has 0 aromatic heterocycles. The number of benzene rings is 2. The van der Waals surface area contributed by atoms with Crippen molar-refractivity contribution in [3.8, 4) is 23.3 Å². The molecule has 0 saturated heterocycles. The molecule has 0 bridgehead atoms. The second kappa shape index (κ2) is 10.4. The molecule has 0 fully saturated rings. The molecule has 0 saturated carbocycles. The number of ether oxygens (including phenoxy) is 3. The van der Waals surface area contributed by atoms with Crippen molar-refractivity contribution in [3.63, 3.8) is 0 Å². The van der Waals surface area contributed by atoms with Crippen LogP contribution in [0.1, 0.15) is 30.9 Å². The van der Waals surface area contributed by atoms with E-state index >= 15 is 0 Å². The third-order valence-corrected chi connectivity index (χ3v) is 3.38. The number of rotatable bonds is 8. The molecule has 0 spiro atoms. The Hall–Kier alpha value is -2.44. The fourth-order valence-corrected chi connectivity index (χ4v) is 1.99. The number of hydrogen-bond acceptors (Lipinski definition) is 3. The predicted molar refractivity (Wildman–Crippen MR) is 96.6 cm³/mol. The van der Waals surface area contributed by atoms with Crippen LogP contribution in [0.3, 0.4) is 0 Å². The SMILES string of the molecule is CCCCOc1ccc(C#Cc2ccc(OCCOC)cc2)cc1. The fraction of sp³-hybridized carbons (Fsp3) is 0.333. The summed E-state index contributed by atoms with van der Waals surface area (Å²) in [5, 5.41) is 0. The van der Waals surface area contributed by atoms with E-state index in [-0.39, 0.29) is 0 Å². The average Bonchev–Trinajstić information content (AvgIpc) is 2.63. The molecular formula is C21H24O3. The van der Waals surface area contributed by atoms with Crippen LogP contribution in [0.25, 0.3) is 0 Å². The van der Waals surface area contributed by atoms with Crippen molar-refractivity contribution in [1.82, 2.24) is 0 Å². The zero-order valence-electron chi connectivity index (χ0n) is 14.4. The lowest BCUT2D eigenvalue weighted by Crippen LogP contribution is -2.03. The van der Waals surface area contributed by atoms with Gasteiger partial charge in [0.2, 0.25) is 0 Å². The molecule has 0 heterocycles. The molecule has 2 aromatic carbocycles. The van der Waals surface area contributed by atoms with E-state index in [4.69, 9.17) is 14.2 Å². The summed E-state index contributed by atoms with van der Waals surface area (Å²) >= 11 is 0. The molecule has 3 heteroatoms. The van der Waals surface area contributed by atoms with Crippen molar-refractivity contribution in [2.75, 3.05) is 26.9 Å². The molecule has 3 nitrogen and oxygen atoms in total. The number of hydrogen-bond donors (Lipinski definition) is 0. The van der Waals surface area contributed by atoms with E-state index in [0.717, 1.165) is 42.1 Å². The van der Waals surface area contributed by atoms with E-state index < -0.39 is 0 Å². The van der Waals surface area contributed by atoms with Gasteiger partial charge in [-0.25, -0.2) is 0 Å². The van der Waals surface area contributed by atoms with E-state index in [2.05, 4.69) is 18.8 Å². The van der Waals surface area contributed by atoms with Crippen molar-refractivity contribution in [1.29, 1.82) is 0 Å². The Morgan fingerprint density at radius 3 is 1.67 bits per heavy atom. The van der Waals surface area contributed by atoms with E-state index in [1.54, 1.807) is 7.11 Å². The van der Waals surface area contributed by atoms with Gasteiger partial charge in [-0.1, -0.05) is 25.2 Å². The Labute approximate surface area is 144 Å². The quantitative estimate of drug-likeness (QED) is 0.535. The van der Waals surface area contributed by atoms with Gasteiger partial charge in [-0.2, -0.15) is 0 Å². The molecule has 0 aliphatic carbocycles. The molecule has 24 heavy (non-hydrogen) atoms. The molecule has 0 unspecified atom stereocenters. The highest BCUT2D eigenvalue weighted by atomic mass is 16.5.